The number of carbonyl (C=O) groups excluding carboxylic acids is 1. The van der Waals surface area contributed by atoms with Crippen LogP contribution in [-0.4, -0.2) is 25.4 Å². The minimum absolute atomic E-state index is 0.0913. The van der Waals surface area contributed by atoms with E-state index in [1.165, 1.54) is 0 Å². The van der Waals surface area contributed by atoms with E-state index in [9.17, 15) is 13.6 Å². The van der Waals surface area contributed by atoms with Gasteiger partial charge >= 0.3 is 0 Å². The first-order valence-electron chi connectivity index (χ1n) is 4.93. The number of carbonyl (C=O) groups is 1. The highest BCUT2D eigenvalue weighted by Gasteiger charge is 2.08. The number of ketones is 1. The van der Waals surface area contributed by atoms with Crippen molar-refractivity contribution in [2.24, 2.45) is 5.92 Å². The van der Waals surface area contributed by atoms with Gasteiger partial charge in [0.1, 0.15) is 12.4 Å². The summed E-state index contributed by atoms with van der Waals surface area (Å²) in [6.07, 6.45) is -0.713. The maximum Gasteiger partial charge on any atom is 0.261 e. The maximum atomic E-state index is 11.6. The normalized spacial score (nSPS) is 13.2. The summed E-state index contributed by atoms with van der Waals surface area (Å²) in [6.45, 7) is 3.55. The largest absolute Gasteiger partial charge is 0.375 e. The predicted molar refractivity (Wildman–Crippen MR) is 50.5 cm³/mol. The van der Waals surface area contributed by atoms with Crippen LogP contribution in [0.5, 0.6) is 0 Å². The highest BCUT2D eigenvalue weighted by atomic mass is 19.3. The number of alkyl halides is 2. The number of ether oxygens (including phenoxy) is 1. The van der Waals surface area contributed by atoms with Crippen LogP contribution in [0.4, 0.5) is 8.78 Å². The second-order valence-electron chi connectivity index (χ2n) is 3.47. The van der Waals surface area contributed by atoms with Crippen molar-refractivity contribution in [2.45, 2.75) is 39.5 Å². The molecule has 4 heteroatoms. The van der Waals surface area contributed by atoms with Gasteiger partial charge < -0.3 is 4.74 Å². The monoisotopic (exact) mass is 208 g/mol. The molecule has 1 atom stereocenters. The van der Waals surface area contributed by atoms with Crippen LogP contribution in [0, 0.1) is 5.92 Å². The average molecular weight is 208 g/mol. The molecule has 0 bridgehead atoms. The molecule has 0 saturated carbocycles. The van der Waals surface area contributed by atoms with E-state index < -0.39 is 13.0 Å². The van der Waals surface area contributed by atoms with Gasteiger partial charge in [0.2, 0.25) is 0 Å². The van der Waals surface area contributed by atoms with E-state index in [1.807, 2.05) is 13.8 Å². The van der Waals surface area contributed by atoms with Gasteiger partial charge in [0.25, 0.3) is 6.43 Å². The Balaban J connectivity index is 3.36. The number of hydrogen-bond acceptors (Lipinski definition) is 2. The molecule has 0 radical (unpaired) electrons. The van der Waals surface area contributed by atoms with E-state index >= 15 is 0 Å². The molecule has 0 aromatic heterocycles. The van der Waals surface area contributed by atoms with Gasteiger partial charge in [-0.05, 0) is 5.92 Å². The van der Waals surface area contributed by atoms with Gasteiger partial charge in [-0.1, -0.05) is 20.3 Å². The van der Waals surface area contributed by atoms with Gasteiger partial charge in [0.05, 0.1) is 6.61 Å². The van der Waals surface area contributed by atoms with E-state index in [4.69, 9.17) is 0 Å². The van der Waals surface area contributed by atoms with Crippen molar-refractivity contribution in [3.8, 4) is 0 Å². The molecule has 0 aromatic carbocycles. The van der Waals surface area contributed by atoms with Crippen LogP contribution >= 0.6 is 0 Å². The van der Waals surface area contributed by atoms with Gasteiger partial charge in [-0.3, -0.25) is 4.79 Å². The van der Waals surface area contributed by atoms with Crippen molar-refractivity contribution in [3.05, 3.63) is 0 Å². The Morgan fingerprint density at radius 3 is 2.57 bits per heavy atom. The molecule has 0 aliphatic rings. The van der Waals surface area contributed by atoms with Crippen molar-refractivity contribution in [3.63, 3.8) is 0 Å². The Bertz CT molecular complexity index is 160. The topological polar surface area (TPSA) is 26.3 Å². The van der Waals surface area contributed by atoms with Crippen molar-refractivity contribution in [1.29, 1.82) is 0 Å². The number of hydrogen-bond donors (Lipinski definition) is 0. The van der Waals surface area contributed by atoms with Crippen molar-refractivity contribution in [1.82, 2.24) is 0 Å². The van der Waals surface area contributed by atoms with E-state index in [-0.39, 0.29) is 18.8 Å². The van der Waals surface area contributed by atoms with Crippen molar-refractivity contribution in [2.75, 3.05) is 13.2 Å². The fourth-order valence-corrected chi connectivity index (χ4v) is 0.993. The van der Waals surface area contributed by atoms with Crippen molar-refractivity contribution < 1.29 is 18.3 Å². The molecule has 1 unspecified atom stereocenters. The summed E-state index contributed by atoms with van der Waals surface area (Å²) in [7, 11) is 0. The molecule has 0 spiro atoms. The Morgan fingerprint density at radius 1 is 1.43 bits per heavy atom. The van der Waals surface area contributed by atoms with Crippen LogP contribution in [0.25, 0.3) is 0 Å². The molecule has 0 aliphatic heterocycles. The molecular formula is C10H18F2O2. The third-order valence-electron chi connectivity index (χ3n) is 2.04. The Hall–Kier alpha value is -0.510. The van der Waals surface area contributed by atoms with E-state index in [0.717, 1.165) is 6.42 Å². The van der Waals surface area contributed by atoms with Crippen LogP contribution in [0.15, 0.2) is 0 Å². The summed E-state index contributed by atoms with van der Waals surface area (Å²) in [5.41, 5.74) is 0. The predicted octanol–water partition coefficient (Wildman–Crippen LogP) is 2.66. The lowest BCUT2D eigenvalue weighted by molar-refractivity contribution is -0.121. The quantitative estimate of drug-likeness (QED) is 0.573. The summed E-state index contributed by atoms with van der Waals surface area (Å²) in [5.74, 6) is 0.464. The van der Waals surface area contributed by atoms with Crippen LogP contribution in [0.2, 0.25) is 0 Å². The fraction of sp³-hybridized carbons (Fsp3) is 0.900. The lowest BCUT2D eigenvalue weighted by Gasteiger charge is -2.07. The first kappa shape index (κ1) is 13.5. The second-order valence-corrected chi connectivity index (χ2v) is 3.47. The summed E-state index contributed by atoms with van der Waals surface area (Å²) in [4.78, 5) is 11.2. The summed E-state index contributed by atoms with van der Waals surface area (Å²) in [5, 5.41) is 0. The van der Waals surface area contributed by atoms with E-state index in [1.54, 1.807) is 0 Å². The summed E-state index contributed by atoms with van der Waals surface area (Å²) < 4.78 is 27.8. The molecule has 0 aliphatic carbocycles. The van der Waals surface area contributed by atoms with Gasteiger partial charge in [-0.2, -0.15) is 0 Å². The van der Waals surface area contributed by atoms with Gasteiger partial charge in [-0.15, -0.1) is 0 Å². The molecule has 0 rings (SSSR count). The molecule has 14 heavy (non-hydrogen) atoms. The lowest BCUT2D eigenvalue weighted by Crippen LogP contribution is -2.11. The number of rotatable bonds is 8. The zero-order chi connectivity index (χ0) is 11.0. The fourth-order valence-electron chi connectivity index (χ4n) is 0.993. The molecule has 0 N–H and O–H groups in total. The molecule has 0 fully saturated rings. The first-order chi connectivity index (χ1) is 6.56. The molecule has 0 saturated heterocycles. The third-order valence-corrected chi connectivity index (χ3v) is 2.04. The van der Waals surface area contributed by atoms with Crippen molar-refractivity contribution >= 4 is 5.78 Å². The van der Waals surface area contributed by atoms with Crippen LogP contribution in [-0.2, 0) is 9.53 Å². The third kappa shape index (κ3) is 8.10. The zero-order valence-electron chi connectivity index (χ0n) is 8.76. The van der Waals surface area contributed by atoms with Crippen LogP contribution in [0.1, 0.15) is 33.1 Å². The van der Waals surface area contributed by atoms with Crippen LogP contribution in [0.3, 0.4) is 0 Å². The van der Waals surface area contributed by atoms with Gasteiger partial charge in [-0.25, -0.2) is 8.78 Å². The second kappa shape index (κ2) is 7.85. The molecule has 0 heterocycles. The summed E-state index contributed by atoms with van der Waals surface area (Å²) >= 11 is 0. The SMILES string of the molecule is CCC(C)CC(=O)CCOCC(F)F. The minimum atomic E-state index is -2.44. The minimum Gasteiger partial charge on any atom is -0.375 e. The van der Waals surface area contributed by atoms with E-state index in [2.05, 4.69) is 4.74 Å². The number of halogens is 2. The molecule has 0 aromatic rings. The van der Waals surface area contributed by atoms with Crippen LogP contribution < -0.4 is 0 Å². The first-order valence-corrected chi connectivity index (χ1v) is 4.93. The Morgan fingerprint density at radius 2 is 2.07 bits per heavy atom. The smallest absolute Gasteiger partial charge is 0.261 e. The van der Waals surface area contributed by atoms with Gasteiger partial charge in [0.15, 0.2) is 0 Å². The Kier molecular flexibility index (Phi) is 7.57. The Labute approximate surface area is 83.6 Å². The van der Waals surface area contributed by atoms with Gasteiger partial charge in [0, 0.05) is 12.8 Å². The standard InChI is InChI=1S/C10H18F2O2/c1-3-8(2)6-9(13)4-5-14-7-10(11)12/h8,10H,3-7H2,1-2H3. The zero-order valence-corrected chi connectivity index (χ0v) is 8.76. The summed E-state index contributed by atoms with van der Waals surface area (Å²) in [6, 6.07) is 0. The highest BCUT2D eigenvalue weighted by molar-refractivity contribution is 5.78. The molecular weight excluding hydrogens is 190 g/mol. The molecule has 2 nitrogen and oxygen atoms in total. The highest BCUT2D eigenvalue weighted by Crippen LogP contribution is 2.08. The molecule has 0 amide bonds. The van der Waals surface area contributed by atoms with E-state index in [0.29, 0.717) is 12.3 Å². The lowest BCUT2D eigenvalue weighted by atomic mass is 10.0. The number of Topliss-reactive ketones (excluding diaryl/α,β-unsaturated/α-hetero) is 1. The molecule has 84 valence electrons. The maximum absolute atomic E-state index is 11.6. The average Bonchev–Trinajstić information content (AvgIpc) is 2.12.